The highest BCUT2D eigenvalue weighted by Crippen LogP contribution is 2.51. The number of ketones is 1. The van der Waals surface area contributed by atoms with Crippen LogP contribution in [0.25, 0.3) is 0 Å². The molecule has 2 aromatic carbocycles. The number of hydrogen-bond donors (Lipinski definition) is 0. The largest absolute Gasteiger partial charge is 0.465 e. The predicted molar refractivity (Wildman–Crippen MR) is 143 cm³/mol. The van der Waals surface area contributed by atoms with E-state index in [1.54, 1.807) is 24.4 Å². The molecule has 2 aliphatic rings. The van der Waals surface area contributed by atoms with E-state index in [9.17, 15) is 37.7 Å². The Labute approximate surface area is 236 Å². The van der Waals surface area contributed by atoms with Crippen molar-refractivity contribution in [2.45, 2.75) is 37.8 Å². The Balaban J connectivity index is 1.77. The summed E-state index contributed by atoms with van der Waals surface area (Å²) in [6.45, 7) is 1.60. The minimum absolute atomic E-state index is 0.00353. The standard InChI is InChI=1S/C29H23F3N2O6S/c1-2-40-28(37)26-19(23-11-6-12-41-23)14-22-25(27(26)36)18(16-7-5-8-17(13-16)34(38)39)15-24(35)33(22)21-10-4-3-9-20(21)29(30,31)32/h3-13,18-19,26H,2,14-15H2,1H3/t18-,19+,26+/m0/s1. The third-order valence-corrected chi connectivity index (χ3v) is 8.31. The molecule has 1 aliphatic heterocycles. The molecule has 0 saturated carbocycles. The number of carbonyl (C=O) groups excluding carboxylic acids is 3. The van der Waals surface area contributed by atoms with Crippen molar-refractivity contribution in [2.75, 3.05) is 11.5 Å². The first-order chi connectivity index (χ1) is 19.5. The van der Waals surface area contributed by atoms with Gasteiger partial charge in [0.25, 0.3) is 5.69 Å². The van der Waals surface area contributed by atoms with Gasteiger partial charge in [0.2, 0.25) is 5.91 Å². The lowest BCUT2D eigenvalue weighted by Gasteiger charge is -2.42. The maximum atomic E-state index is 14.3. The van der Waals surface area contributed by atoms with E-state index in [4.69, 9.17) is 4.74 Å². The summed E-state index contributed by atoms with van der Waals surface area (Å²) in [4.78, 5) is 53.7. The third-order valence-electron chi connectivity index (χ3n) is 7.30. The number of para-hydroxylation sites is 1. The van der Waals surface area contributed by atoms with Crippen LogP contribution in [0, 0.1) is 16.0 Å². The van der Waals surface area contributed by atoms with E-state index in [1.165, 1.54) is 53.8 Å². The van der Waals surface area contributed by atoms with Gasteiger partial charge in [0.15, 0.2) is 5.78 Å². The summed E-state index contributed by atoms with van der Waals surface area (Å²) in [5.41, 5.74) is -1.46. The molecule has 41 heavy (non-hydrogen) atoms. The number of non-ortho nitro benzene ring substituents is 1. The third kappa shape index (κ3) is 5.15. The molecule has 0 unspecified atom stereocenters. The van der Waals surface area contributed by atoms with Gasteiger partial charge in [0.1, 0.15) is 5.92 Å². The lowest BCUT2D eigenvalue weighted by molar-refractivity contribution is -0.384. The number of ether oxygens (including phenoxy) is 1. The van der Waals surface area contributed by atoms with Crippen molar-refractivity contribution >= 4 is 40.4 Å². The number of thiophene rings is 1. The van der Waals surface area contributed by atoms with E-state index < -0.39 is 64.2 Å². The first-order valence-corrected chi connectivity index (χ1v) is 13.6. The molecule has 0 N–H and O–H groups in total. The number of anilines is 1. The van der Waals surface area contributed by atoms with Crippen molar-refractivity contribution in [3.05, 3.63) is 103 Å². The van der Waals surface area contributed by atoms with E-state index >= 15 is 0 Å². The fraction of sp³-hybridized carbons (Fsp3) is 0.276. The van der Waals surface area contributed by atoms with Crippen LogP contribution in [0.5, 0.6) is 0 Å². The van der Waals surface area contributed by atoms with Crippen molar-refractivity contribution < 1.29 is 37.2 Å². The molecule has 0 bridgehead atoms. The molecule has 1 aliphatic carbocycles. The molecule has 0 spiro atoms. The highest BCUT2D eigenvalue weighted by Gasteiger charge is 2.51. The van der Waals surface area contributed by atoms with Crippen LogP contribution in [-0.4, -0.2) is 29.2 Å². The average Bonchev–Trinajstić information content (AvgIpc) is 3.47. The number of allylic oxidation sites excluding steroid dienone is 2. The maximum Gasteiger partial charge on any atom is 0.418 e. The quantitative estimate of drug-likeness (QED) is 0.144. The Hall–Kier alpha value is -4.32. The van der Waals surface area contributed by atoms with E-state index in [0.717, 1.165) is 11.0 Å². The number of esters is 1. The number of nitro groups is 1. The number of rotatable bonds is 6. The van der Waals surface area contributed by atoms with Gasteiger partial charge in [-0.3, -0.25) is 29.4 Å². The van der Waals surface area contributed by atoms with Crippen LogP contribution in [0.2, 0.25) is 0 Å². The van der Waals surface area contributed by atoms with Crippen LogP contribution in [0.1, 0.15) is 47.6 Å². The Bertz CT molecular complexity index is 1570. The summed E-state index contributed by atoms with van der Waals surface area (Å²) < 4.78 is 47.6. The smallest absolute Gasteiger partial charge is 0.418 e. The number of nitro benzene ring substituents is 1. The SMILES string of the molecule is CCOC(=O)[C@H]1C(=O)C2=C(C[C@@H]1c1cccs1)N(c1ccccc1C(F)(F)F)C(=O)C[C@H]2c1cccc([N+](=O)[O-])c1. The highest BCUT2D eigenvalue weighted by molar-refractivity contribution is 7.10. The van der Waals surface area contributed by atoms with E-state index in [1.807, 2.05) is 0 Å². The van der Waals surface area contributed by atoms with Gasteiger partial charge in [-0.25, -0.2) is 0 Å². The number of nitrogens with zero attached hydrogens (tertiary/aromatic N) is 2. The van der Waals surface area contributed by atoms with Crippen molar-refractivity contribution in [1.29, 1.82) is 0 Å². The second kappa shape index (κ2) is 10.9. The summed E-state index contributed by atoms with van der Waals surface area (Å²) in [5.74, 6) is -5.27. The van der Waals surface area contributed by atoms with Crippen molar-refractivity contribution in [2.24, 2.45) is 5.92 Å². The predicted octanol–water partition coefficient (Wildman–Crippen LogP) is 6.39. The topological polar surface area (TPSA) is 107 Å². The van der Waals surface area contributed by atoms with Crippen LogP contribution < -0.4 is 4.90 Å². The molecule has 1 aromatic heterocycles. The van der Waals surface area contributed by atoms with Gasteiger partial charge in [-0.1, -0.05) is 30.3 Å². The van der Waals surface area contributed by atoms with Gasteiger partial charge in [0.05, 0.1) is 22.8 Å². The number of Topliss-reactive ketones (excluding diaryl/α,β-unsaturated/α-hetero) is 1. The number of carbonyl (C=O) groups is 3. The molecule has 2 heterocycles. The first-order valence-electron chi connectivity index (χ1n) is 12.7. The van der Waals surface area contributed by atoms with Gasteiger partial charge in [-0.05, 0) is 42.5 Å². The minimum Gasteiger partial charge on any atom is -0.465 e. The summed E-state index contributed by atoms with van der Waals surface area (Å²) in [6.07, 6.45) is -5.33. The lowest BCUT2D eigenvalue weighted by Crippen LogP contribution is -2.47. The zero-order chi connectivity index (χ0) is 29.5. The molecule has 3 atom stereocenters. The van der Waals surface area contributed by atoms with Gasteiger partial charge in [0, 0.05) is 46.5 Å². The fourth-order valence-corrected chi connectivity index (χ4v) is 6.50. The molecule has 12 heteroatoms. The zero-order valence-electron chi connectivity index (χ0n) is 21.6. The summed E-state index contributed by atoms with van der Waals surface area (Å²) in [5, 5.41) is 13.2. The second-order valence-electron chi connectivity index (χ2n) is 9.63. The molecule has 212 valence electrons. The summed E-state index contributed by atoms with van der Waals surface area (Å²) >= 11 is 1.28. The Morgan fingerprint density at radius 2 is 1.85 bits per heavy atom. The van der Waals surface area contributed by atoms with Crippen LogP contribution in [0.3, 0.4) is 0 Å². The average molecular weight is 585 g/mol. The van der Waals surface area contributed by atoms with Crippen molar-refractivity contribution in [3.63, 3.8) is 0 Å². The number of benzene rings is 2. The number of halogens is 3. The Morgan fingerprint density at radius 3 is 2.51 bits per heavy atom. The Morgan fingerprint density at radius 1 is 1.10 bits per heavy atom. The van der Waals surface area contributed by atoms with Gasteiger partial charge in [-0.15, -0.1) is 11.3 Å². The summed E-state index contributed by atoms with van der Waals surface area (Å²) in [7, 11) is 0. The van der Waals surface area contributed by atoms with Crippen LogP contribution in [0.4, 0.5) is 24.5 Å². The monoisotopic (exact) mass is 584 g/mol. The van der Waals surface area contributed by atoms with Crippen molar-refractivity contribution in [1.82, 2.24) is 0 Å². The van der Waals surface area contributed by atoms with E-state index in [-0.39, 0.29) is 35.5 Å². The minimum atomic E-state index is -4.80. The van der Waals surface area contributed by atoms with Crippen LogP contribution >= 0.6 is 11.3 Å². The molecule has 3 aromatic rings. The second-order valence-corrected chi connectivity index (χ2v) is 10.6. The maximum absolute atomic E-state index is 14.3. The molecule has 0 fully saturated rings. The lowest BCUT2D eigenvalue weighted by atomic mass is 9.69. The Kier molecular flexibility index (Phi) is 7.52. The molecule has 0 radical (unpaired) electrons. The highest BCUT2D eigenvalue weighted by atomic mass is 32.1. The molecule has 0 saturated heterocycles. The number of hydrogen-bond acceptors (Lipinski definition) is 7. The molecule has 8 nitrogen and oxygen atoms in total. The zero-order valence-corrected chi connectivity index (χ0v) is 22.4. The van der Waals surface area contributed by atoms with Gasteiger partial charge >= 0.3 is 12.1 Å². The first kappa shape index (κ1) is 28.2. The molecule has 5 rings (SSSR count). The summed E-state index contributed by atoms with van der Waals surface area (Å²) in [6, 6.07) is 13.5. The fourth-order valence-electron chi connectivity index (χ4n) is 5.63. The van der Waals surface area contributed by atoms with Crippen LogP contribution in [-0.2, 0) is 25.3 Å². The number of amides is 1. The molecular weight excluding hydrogens is 561 g/mol. The van der Waals surface area contributed by atoms with E-state index in [2.05, 4.69) is 0 Å². The van der Waals surface area contributed by atoms with Gasteiger partial charge < -0.3 is 4.74 Å². The van der Waals surface area contributed by atoms with Gasteiger partial charge in [-0.2, -0.15) is 13.2 Å². The molecular formula is C29H23F3N2O6S. The number of alkyl halides is 3. The van der Waals surface area contributed by atoms with E-state index in [0.29, 0.717) is 4.88 Å². The van der Waals surface area contributed by atoms with Crippen LogP contribution in [0.15, 0.2) is 77.3 Å². The normalized spacial score (nSPS) is 21.1. The molecule has 1 amide bonds. The van der Waals surface area contributed by atoms with Crippen molar-refractivity contribution in [3.8, 4) is 0 Å².